The van der Waals surface area contributed by atoms with Crippen LogP contribution in [0, 0.1) is 5.92 Å². The van der Waals surface area contributed by atoms with Gasteiger partial charge in [0.05, 0.1) is 24.6 Å². The molecule has 8 nitrogen and oxygen atoms in total. The molecule has 0 spiro atoms. The Balaban J connectivity index is 1.50. The first-order chi connectivity index (χ1) is 16.1. The zero-order valence-corrected chi connectivity index (χ0v) is 19.3. The zero-order valence-electron chi connectivity index (χ0n) is 18.5. The second-order valence-electron chi connectivity index (χ2n) is 8.00. The van der Waals surface area contributed by atoms with E-state index in [4.69, 9.17) is 9.15 Å². The summed E-state index contributed by atoms with van der Waals surface area (Å²) in [6, 6.07) is 5.38. The van der Waals surface area contributed by atoms with Gasteiger partial charge in [-0.05, 0) is 55.9 Å². The van der Waals surface area contributed by atoms with Crippen LogP contribution in [0.2, 0.25) is 0 Å². The number of esters is 1. The van der Waals surface area contributed by atoms with Crippen LogP contribution in [0.5, 0.6) is 0 Å². The number of carbonyl (C=O) groups is 2. The molecule has 170 valence electrons. The van der Waals surface area contributed by atoms with Crippen molar-refractivity contribution >= 4 is 33.9 Å². The molecule has 0 fully saturated rings. The molecule has 9 heteroatoms. The lowest BCUT2D eigenvalue weighted by molar-refractivity contribution is 0.0526. The highest BCUT2D eigenvalue weighted by atomic mass is 32.1. The van der Waals surface area contributed by atoms with Crippen LogP contribution >= 0.6 is 11.3 Å². The van der Waals surface area contributed by atoms with Gasteiger partial charge in [-0.15, -0.1) is 11.3 Å². The molecule has 0 radical (unpaired) electrons. The molecular formula is C24H24N4O4S. The smallest absolute Gasteiger partial charge is 0.341 e. The van der Waals surface area contributed by atoms with Crippen molar-refractivity contribution < 1.29 is 18.7 Å². The van der Waals surface area contributed by atoms with Gasteiger partial charge in [-0.3, -0.25) is 4.79 Å². The molecule has 1 N–H and O–H groups in total. The lowest BCUT2D eigenvalue weighted by Gasteiger charge is -2.20. The topological polar surface area (TPSA) is 98.7 Å². The van der Waals surface area contributed by atoms with Gasteiger partial charge in [-0.25, -0.2) is 14.3 Å². The minimum absolute atomic E-state index is 0.280. The molecule has 0 saturated heterocycles. The van der Waals surface area contributed by atoms with Crippen molar-refractivity contribution in [1.82, 2.24) is 14.6 Å². The van der Waals surface area contributed by atoms with E-state index >= 15 is 0 Å². The number of fused-ring (bicyclic) bond motifs is 2. The summed E-state index contributed by atoms with van der Waals surface area (Å²) >= 11 is 1.47. The summed E-state index contributed by atoms with van der Waals surface area (Å²) in [6.45, 7) is 4.25. The fourth-order valence-electron chi connectivity index (χ4n) is 4.34. The van der Waals surface area contributed by atoms with Crippen molar-refractivity contribution in [3.05, 3.63) is 58.4 Å². The predicted octanol–water partition coefficient (Wildman–Crippen LogP) is 4.99. The van der Waals surface area contributed by atoms with Crippen LogP contribution in [0.3, 0.4) is 0 Å². The van der Waals surface area contributed by atoms with Gasteiger partial charge in [0.2, 0.25) is 0 Å². The summed E-state index contributed by atoms with van der Waals surface area (Å²) in [4.78, 5) is 31.6. The lowest BCUT2D eigenvalue weighted by atomic mass is 9.85. The van der Waals surface area contributed by atoms with Gasteiger partial charge < -0.3 is 14.5 Å². The monoisotopic (exact) mass is 464 g/mol. The number of anilines is 1. The van der Waals surface area contributed by atoms with Gasteiger partial charge in [0.1, 0.15) is 16.3 Å². The SMILES string of the molecule is CCOC(=O)c1c(NC(=O)c2cnn3c(-c4ccco4)ccnc23)sc2c1CC[C@H](CC)C2. The van der Waals surface area contributed by atoms with Crippen LogP contribution < -0.4 is 5.32 Å². The van der Waals surface area contributed by atoms with Crippen molar-refractivity contribution in [1.29, 1.82) is 0 Å². The molecule has 0 aromatic carbocycles. The van der Waals surface area contributed by atoms with Gasteiger partial charge in [0.15, 0.2) is 11.4 Å². The van der Waals surface area contributed by atoms with Gasteiger partial charge in [-0.1, -0.05) is 13.3 Å². The third kappa shape index (κ3) is 3.82. The van der Waals surface area contributed by atoms with Crippen LogP contribution in [0.1, 0.15) is 57.8 Å². The van der Waals surface area contributed by atoms with E-state index in [9.17, 15) is 9.59 Å². The van der Waals surface area contributed by atoms with E-state index in [1.807, 2.05) is 6.07 Å². The first-order valence-electron chi connectivity index (χ1n) is 11.1. The summed E-state index contributed by atoms with van der Waals surface area (Å²) in [6.07, 6.45) is 8.55. The van der Waals surface area contributed by atoms with Crippen molar-refractivity contribution in [2.45, 2.75) is 39.5 Å². The van der Waals surface area contributed by atoms with E-state index in [0.717, 1.165) is 36.1 Å². The molecule has 0 unspecified atom stereocenters. The number of nitrogens with zero attached hydrogens (tertiary/aromatic N) is 3. The molecule has 1 aliphatic rings. The number of hydrogen-bond donors (Lipinski definition) is 1. The van der Waals surface area contributed by atoms with Crippen LogP contribution in [0.25, 0.3) is 17.1 Å². The highest BCUT2D eigenvalue weighted by molar-refractivity contribution is 7.17. The van der Waals surface area contributed by atoms with E-state index in [-0.39, 0.29) is 12.5 Å². The third-order valence-electron chi connectivity index (χ3n) is 6.07. The van der Waals surface area contributed by atoms with E-state index in [1.165, 1.54) is 17.5 Å². The Morgan fingerprint density at radius 2 is 2.21 bits per heavy atom. The maximum Gasteiger partial charge on any atom is 0.341 e. The van der Waals surface area contributed by atoms with Gasteiger partial charge in [0, 0.05) is 11.1 Å². The molecule has 0 saturated carbocycles. The lowest BCUT2D eigenvalue weighted by Crippen LogP contribution is -2.17. The molecule has 0 bridgehead atoms. The standard InChI is InChI=1S/C24H24N4O4S/c1-3-14-7-8-15-19(12-14)33-23(20(15)24(30)31-4-2)27-22(29)16-13-26-28-17(9-10-25-21(16)28)18-6-5-11-32-18/h5-6,9-11,13-14H,3-4,7-8,12H2,1-2H3,(H,27,29)/t14-/m0/s1. The second kappa shape index (κ2) is 8.82. The average Bonchev–Trinajstić information content (AvgIpc) is 3.56. The average molecular weight is 465 g/mol. The second-order valence-corrected chi connectivity index (χ2v) is 9.11. The highest BCUT2D eigenvalue weighted by Gasteiger charge is 2.30. The Morgan fingerprint density at radius 3 is 2.97 bits per heavy atom. The molecule has 5 rings (SSSR count). The Bertz CT molecular complexity index is 1320. The molecule has 4 aromatic heterocycles. The first-order valence-corrected chi connectivity index (χ1v) is 11.9. The summed E-state index contributed by atoms with van der Waals surface area (Å²) in [5.41, 5.74) is 2.91. The number of hydrogen-bond acceptors (Lipinski definition) is 7. The number of carbonyl (C=O) groups excluding carboxylic acids is 2. The van der Waals surface area contributed by atoms with Gasteiger partial charge in [0.25, 0.3) is 5.91 Å². The molecule has 4 heterocycles. The van der Waals surface area contributed by atoms with Crippen molar-refractivity contribution in [3.63, 3.8) is 0 Å². The Kier molecular flexibility index (Phi) is 5.72. The Labute approximate surface area is 194 Å². The predicted molar refractivity (Wildman–Crippen MR) is 125 cm³/mol. The summed E-state index contributed by atoms with van der Waals surface area (Å²) in [7, 11) is 0. The van der Waals surface area contributed by atoms with Crippen molar-refractivity contribution in [3.8, 4) is 11.5 Å². The maximum atomic E-state index is 13.3. The van der Waals surface area contributed by atoms with E-state index in [2.05, 4.69) is 22.3 Å². The molecule has 33 heavy (non-hydrogen) atoms. The number of amides is 1. The number of furan rings is 1. The van der Waals surface area contributed by atoms with Crippen molar-refractivity contribution in [2.75, 3.05) is 11.9 Å². The molecule has 0 aliphatic heterocycles. The number of rotatable bonds is 6. The molecule has 1 amide bonds. The van der Waals surface area contributed by atoms with Gasteiger partial charge >= 0.3 is 5.97 Å². The normalized spacial score (nSPS) is 15.4. The van der Waals surface area contributed by atoms with E-state index < -0.39 is 5.97 Å². The van der Waals surface area contributed by atoms with E-state index in [1.54, 1.807) is 36.0 Å². The van der Waals surface area contributed by atoms with E-state index in [0.29, 0.717) is 39.1 Å². The van der Waals surface area contributed by atoms with Crippen LogP contribution in [0.15, 0.2) is 41.3 Å². The maximum absolute atomic E-state index is 13.3. The highest BCUT2D eigenvalue weighted by Crippen LogP contribution is 2.41. The molecular weight excluding hydrogens is 440 g/mol. The van der Waals surface area contributed by atoms with Crippen molar-refractivity contribution in [2.24, 2.45) is 5.92 Å². The largest absolute Gasteiger partial charge is 0.463 e. The Morgan fingerprint density at radius 1 is 1.33 bits per heavy atom. The number of nitrogens with one attached hydrogen (secondary N) is 1. The minimum Gasteiger partial charge on any atom is -0.463 e. The number of thiophene rings is 1. The molecule has 1 aliphatic carbocycles. The number of aromatic nitrogens is 3. The fourth-order valence-corrected chi connectivity index (χ4v) is 5.69. The van der Waals surface area contributed by atoms with Crippen LogP contribution in [-0.4, -0.2) is 33.1 Å². The van der Waals surface area contributed by atoms with Crippen LogP contribution in [0.4, 0.5) is 5.00 Å². The quantitative estimate of drug-likeness (QED) is 0.404. The number of ether oxygens (including phenoxy) is 1. The van der Waals surface area contributed by atoms with Gasteiger partial charge in [-0.2, -0.15) is 5.10 Å². The molecule has 4 aromatic rings. The molecule has 1 atom stereocenters. The summed E-state index contributed by atoms with van der Waals surface area (Å²) < 4.78 is 12.4. The third-order valence-corrected chi connectivity index (χ3v) is 7.24. The zero-order chi connectivity index (χ0) is 22.9. The fraction of sp³-hybridized carbons (Fsp3) is 0.333. The Hall–Kier alpha value is -3.46. The minimum atomic E-state index is -0.390. The first kappa shape index (κ1) is 21.4. The summed E-state index contributed by atoms with van der Waals surface area (Å²) in [5, 5.41) is 7.84. The summed E-state index contributed by atoms with van der Waals surface area (Å²) in [5.74, 6) is 0.459. The van der Waals surface area contributed by atoms with Crippen LogP contribution in [-0.2, 0) is 17.6 Å².